The molecule has 0 bridgehead atoms. The average molecular weight is 432 g/mol. The Bertz CT molecular complexity index is 1020. The van der Waals surface area contributed by atoms with Gasteiger partial charge in [0, 0.05) is 30.8 Å². The zero-order valence-corrected chi connectivity index (χ0v) is 17.6. The van der Waals surface area contributed by atoms with Crippen molar-refractivity contribution in [1.29, 1.82) is 0 Å². The number of carbonyl (C=O) groups is 1. The highest BCUT2D eigenvalue weighted by molar-refractivity contribution is 7.99. The highest BCUT2D eigenvalue weighted by Crippen LogP contribution is 2.23. The summed E-state index contributed by atoms with van der Waals surface area (Å²) in [6.07, 6.45) is 1.48. The Morgan fingerprint density at radius 1 is 1.28 bits per heavy atom. The topological polar surface area (TPSA) is 101 Å². The first-order chi connectivity index (χ1) is 14.2. The molecule has 3 heterocycles. The van der Waals surface area contributed by atoms with Gasteiger partial charge in [-0.1, -0.05) is 12.1 Å². The first kappa shape index (κ1) is 19.8. The number of carbonyl (C=O) groups excluding carboxylic acids is 1. The summed E-state index contributed by atoms with van der Waals surface area (Å²) in [7, 11) is -1.43. The summed E-state index contributed by atoms with van der Waals surface area (Å²) in [5, 5.41) is 0.389. The lowest BCUT2D eigenvalue weighted by Gasteiger charge is -2.28. The molecule has 0 radical (unpaired) electrons. The molecular weight excluding hydrogens is 410 g/mol. The number of hydrogen-bond donors (Lipinski definition) is 1. The number of hydrogen-bond acceptors (Lipinski definition) is 8. The number of benzene rings is 1. The van der Waals surface area contributed by atoms with Crippen molar-refractivity contribution in [2.75, 3.05) is 36.1 Å². The van der Waals surface area contributed by atoms with E-state index in [1.54, 1.807) is 6.92 Å². The Hall–Kier alpha value is -2.46. The van der Waals surface area contributed by atoms with Crippen LogP contribution in [-0.2, 0) is 21.3 Å². The maximum absolute atomic E-state index is 12.8. The molecule has 3 aromatic rings. The minimum absolute atomic E-state index is 0.110. The second kappa shape index (κ2) is 8.91. The molecule has 1 atom stereocenters. The number of anilines is 1. The Morgan fingerprint density at radius 3 is 2.83 bits per heavy atom. The normalized spacial score (nSPS) is 15.4. The van der Waals surface area contributed by atoms with Crippen LogP contribution in [0.4, 0.5) is 5.82 Å². The third-order valence-electron chi connectivity index (χ3n) is 4.47. The number of nitrogens with one attached hydrogen (secondary N) is 1. The van der Waals surface area contributed by atoms with Crippen molar-refractivity contribution in [2.24, 2.45) is 0 Å². The fourth-order valence-electron chi connectivity index (χ4n) is 3.07. The number of aromatic amines is 1. The number of ether oxygens (including phenoxy) is 1. The molecule has 1 aliphatic rings. The van der Waals surface area contributed by atoms with Crippen LogP contribution in [0.3, 0.4) is 0 Å². The predicted octanol–water partition coefficient (Wildman–Crippen LogP) is 2.39. The van der Waals surface area contributed by atoms with Gasteiger partial charge in [0.15, 0.2) is 5.16 Å². The van der Waals surface area contributed by atoms with Crippen molar-refractivity contribution in [2.45, 2.75) is 17.8 Å². The number of imidazole rings is 1. The van der Waals surface area contributed by atoms with Crippen LogP contribution < -0.4 is 4.90 Å². The van der Waals surface area contributed by atoms with Crippen molar-refractivity contribution < 1.29 is 13.7 Å². The third-order valence-corrected chi connectivity index (χ3v) is 6.56. The first-order valence-corrected chi connectivity index (χ1v) is 11.8. The van der Waals surface area contributed by atoms with E-state index in [1.807, 2.05) is 36.0 Å². The number of para-hydroxylation sites is 2. The summed E-state index contributed by atoms with van der Waals surface area (Å²) in [5.74, 6) is 2.56. The summed E-state index contributed by atoms with van der Waals surface area (Å²) >= 11 is 1.87. The molecule has 0 amide bonds. The molecule has 1 saturated heterocycles. The molecule has 8 nitrogen and oxygen atoms in total. The summed E-state index contributed by atoms with van der Waals surface area (Å²) in [6, 6.07) is 7.54. The first-order valence-electron chi connectivity index (χ1n) is 9.34. The number of fused-ring (bicyclic) bond motifs is 1. The van der Waals surface area contributed by atoms with Crippen LogP contribution in [0.25, 0.3) is 11.0 Å². The lowest BCUT2D eigenvalue weighted by Crippen LogP contribution is -2.35. The van der Waals surface area contributed by atoms with E-state index in [-0.39, 0.29) is 12.4 Å². The van der Waals surface area contributed by atoms with E-state index >= 15 is 0 Å². The van der Waals surface area contributed by atoms with E-state index in [0.717, 1.165) is 35.6 Å². The molecule has 29 heavy (non-hydrogen) atoms. The zero-order valence-electron chi connectivity index (χ0n) is 16.0. The number of rotatable bonds is 6. The molecule has 1 aliphatic heterocycles. The van der Waals surface area contributed by atoms with Gasteiger partial charge in [0.2, 0.25) is 0 Å². The fourth-order valence-corrected chi connectivity index (χ4v) is 4.91. The third kappa shape index (κ3) is 4.43. The van der Waals surface area contributed by atoms with Crippen molar-refractivity contribution in [3.63, 3.8) is 0 Å². The maximum Gasteiger partial charge on any atom is 0.343 e. The SMILES string of the molecule is CCOC(=O)c1cnc(CS(=O)c2nc3ccccc3[nH]2)nc1N1CCSCC1. The highest BCUT2D eigenvalue weighted by Gasteiger charge is 2.23. The van der Waals surface area contributed by atoms with Gasteiger partial charge in [0.25, 0.3) is 0 Å². The quantitative estimate of drug-likeness (QED) is 0.594. The van der Waals surface area contributed by atoms with Gasteiger partial charge in [-0.05, 0) is 19.1 Å². The molecule has 0 saturated carbocycles. The largest absolute Gasteiger partial charge is 0.462 e. The number of nitrogens with zero attached hydrogens (tertiary/aromatic N) is 4. The van der Waals surface area contributed by atoms with Crippen LogP contribution in [0.5, 0.6) is 0 Å². The van der Waals surface area contributed by atoms with Crippen LogP contribution >= 0.6 is 11.8 Å². The van der Waals surface area contributed by atoms with E-state index in [9.17, 15) is 9.00 Å². The van der Waals surface area contributed by atoms with Crippen molar-refractivity contribution >= 4 is 45.4 Å². The minimum Gasteiger partial charge on any atom is -0.462 e. The Kier molecular flexibility index (Phi) is 6.10. The number of thioether (sulfide) groups is 1. The molecule has 1 unspecified atom stereocenters. The predicted molar refractivity (Wildman–Crippen MR) is 114 cm³/mol. The van der Waals surface area contributed by atoms with Gasteiger partial charge in [0.05, 0.1) is 34.2 Å². The Balaban J connectivity index is 1.61. The summed E-state index contributed by atoms with van der Waals surface area (Å²) < 4.78 is 18.0. The van der Waals surface area contributed by atoms with E-state index in [2.05, 4.69) is 24.8 Å². The number of H-pyrrole nitrogens is 1. The van der Waals surface area contributed by atoms with Crippen LogP contribution in [-0.4, -0.2) is 61.3 Å². The Morgan fingerprint density at radius 2 is 2.07 bits per heavy atom. The standard InChI is InChI=1S/C19H21N5O3S2/c1-2-27-18(25)13-11-20-16(23-17(13)24-7-9-28-10-8-24)12-29(26)19-21-14-5-3-4-6-15(14)22-19/h3-6,11H,2,7-10,12H2,1H3,(H,21,22). The zero-order chi connectivity index (χ0) is 20.2. The van der Waals surface area contributed by atoms with Gasteiger partial charge in [0.1, 0.15) is 17.2 Å². The summed E-state index contributed by atoms with van der Waals surface area (Å²) in [6.45, 7) is 3.63. The molecule has 1 fully saturated rings. The highest BCUT2D eigenvalue weighted by atomic mass is 32.2. The molecule has 4 rings (SSSR count). The van der Waals surface area contributed by atoms with Crippen molar-refractivity contribution in [3.8, 4) is 0 Å². The van der Waals surface area contributed by atoms with Gasteiger partial charge in [-0.2, -0.15) is 11.8 Å². The van der Waals surface area contributed by atoms with Crippen LogP contribution in [0.1, 0.15) is 23.1 Å². The number of esters is 1. The molecule has 152 valence electrons. The molecule has 2 aromatic heterocycles. The summed E-state index contributed by atoms with van der Waals surface area (Å²) in [5.41, 5.74) is 1.94. The molecule has 0 aliphatic carbocycles. The summed E-state index contributed by atoms with van der Waals surface area (Å²) in [4.78, 5) is 30.8. The van der Waals surface area contributed by atoms with E-state index in [1.165, 1.54) is 6.20 Å². The van der Waals surface area contributed by atoms with Crippen molar-refractivity contribution in [3.05, 3.63) is 41.9 Å². The monoisotopic (exact) mass is 431 g/mol. The maximum atomic E-state index is 12.8. The van der Waals surface area contributed by atoms with Gasteiger partial charge in [-0.25, -0.2) is 19.7 Å². The second-order valence-corrected chi connectivity index (χ2v) is 8.98. The lowest BCUT2D eigenvalue weighted by molar-refractivity contribution is 0.0526. The fraction of sp³-hybridized carbons (Fsp3) is 0.368. The van der Waals surface area contributed by atoms with Crippen LogP contribution in [0.2, 0.25) is 0 Å². The van der Waals surface area contributed by atoms with Crippen LogP contribution in [0, 0.1) is 0 Å². The Labute approximate surface area is 174 Å². The molecular formula is C19H21N5O3S2. The van der Waals surface area contributed by atoms with Crippen molar-refractivity contribution in [1.82, 2.24) is 19.9 Å². The second-order valence-electron chi connectivity index (χ2n) is 6.39. The average Bonchev–Trinajstić information content (AvgIpc) is 3.19. The van der Waals surface area contributed by atoms with E-state index in [0.29, 0.717) is 22.4 Å². The van der Waals surface area contributed by atoms with E-state index in [4.69, 9.17) is 4.74 Å². The van der Waals surface area contributed by atoms with Gasteiger partial charge >= 0.3 is 5.97 Å². The molecule has 1 aromatic carbocycles. The smallest absolute Gasteiger partial charge is 0.343 e. The minimum atomic E-state index is -1.43. The van der Waals surface area contributed by atoms with Crippen LogP contribution in [0.15, 0.2) is 35.6 Å². The van der Waals surface area contributed by atoms with E-state index < -0.39 is 16.8 Å². The molecule has 1 N–H and O–H groups in total. The van der Waals surface area contributed by atoms with Gasteiger partial charge in [-0.15, -0.1) is 0 Å². The molecule has 0 spiro atoms. The molecule has 10 heteroatoms. The van der Waals surface area contributed by atoms with Gasteiger partial charge in [-0.3, -0.25) is 4.21 Å². The number of aromatic nitrogens is 4. The lowest BCUT2D eigenvalue weighted by atomic mass is 10.2. The van der Waals surface area contributed by atoms with Gasteiger partial charge < -0.3 is 14.6 Å².